The minimum atomic E-state index is -4.30. The van der Waals surface area contributed by atoms with E-state index in [-0.39, 0.29) is 24.9 Å². The van der Waals surface area contributed by atoms with Crippen LogP contribution in [0.1, 0.15) is 31.2 Å². The molecule has 2 nitrogen and oxygen atoms in total. The SMILES string of the molecule is NCC1CC2(C1)CC(OCc1ccccc1)(C(F)(F)F)C2. The summed E-state index contributed by atoms with van der Waals surface area (Å²) in [7, 11) is 0. The van der Waals surface area contributed by atoms with Gasteiger partial charge in [-0.15, -0.1) is 0 Å². The first-order chi connectivity index (χ1) is 9.88. The molecule has 21 heavy (non-hydrogen) atoms. The van der Waals surface area contributed by atoms with Crippen LogP contribution in [0.3, 0.4) is 0 Å². The zero-order valence-electron chi connectivity index (χ0n) is 11.8. The van der Waals surface area contributed by atoms with Crippen LogP contribution in [0, 0.1) is 11.3 Å². The number of halogens is 3. The molecule has 0 aliphatic heterocycles. The molecular weight excluding hydrogens is 279 g/mol. The Morgan fingerprint density at radius 3 is 2.29 bits per heavy atom. The van der Waals surface area contributed by atoms with Crippen molar-refractivity contribution in [2.24, 2.45) is 17.1 Å². The largest absolute Gasteiger partial charge is 0.417 e. The van der Waals surface area contributed by atoms with Gasteiger partial charge in [0.15, 0.2) is 5.60 Å². The van der Waals surface area contributed by atoms with Crippen molar-refractivity contribution in [1.82, 2.24) is 0 Å². The Bertz CT molecular complexity index is 486. The smallest absolute Gasteiger partial charge is 0.361 e. The molecule has 2 N–H and O–H groups in total. The molecule has 0 amide bonds. The van der Waals surface area contributed by atoms with E-state index in [0.29, 0.717) is 12.5 Å². The third-order valence-electron chi connectivity index (χ3n) is 4.97. The molecule has 0 radical (unpaired) electrons. The third kappa shape index (κ3) is 2.57. The zero-order valence-corrected chi connectivity index (χ0v) is 11.8. The van der Waals surface area contributed by atoms with E-state index in [1.165, 1.54) is 0 Å². The van der Waals surface area contributed by atoms with Crippen molar-refractivity contribution in [3.63, 3.8) is 0 Å². The van der Waals surface area contributed by atoms with Crippen LogP contribution in [0.25, 0.3) is 0 Å². The van der Waals surface area contributed by atoms with Gasteiger partial charge in [0.05, 0.1) is 6.61 Å². The predicted molar refractivity (Wildman–Crippen MR) is 73.5 cm³/mol. The van der Waals surface area contributed by atoms with Gasteiger partial charge in [0, 0.05) is 0 Å². The van der Waals surface area contributed by atoms with E-state index in [9.17, 15) is 13.2 Å². The molecule has 1 aromatic rings. The number of alkyl halides is 3. The van der Waals surface area contributed by atoms with E-state index in [0.717, 1.165) is 18.4 Å². The van der Waals surface area contributed by atoms with Crippen LogP contribution in [0.4, 0.5) is 13.2 Å². The molecule has 1 aromatic carbocycles. The number of benzene rings is 1. The van der Waals surface area contributed by atoms with Crippen LogP contribution in [0.2, 0.25) is 0 Å². The molecule has 2 fully saturated rings. The summed E-state index contributed by atoms with van der Waals surface area (Å²) in [5.41, 5.74) is 4.22. The van der Waals surface area contributed by atoms with E-state index >= 15 is 0 Å². The highest BCUT2D eigenvalue weighted by molar-refractivity contribution is 5.17. The molecule has 3 rings (SSSR count). The Morgan fingerprint density at radius 1 is 1.14 bits per heavy atom. The maximum absolute atomic E-state index is 13.4. The van der Waals surface area contributed by atoms with Gasteiger partial charge in [-0.1, -0.05) is 30.3 Å². The normalized spacial score (nSPS) is 35.3. The molecular formula is C16H20F3NO. The second-order valence-electron chi connectivity index (χ2n) is 6.63. The molecule has 0 unspecified atom stereocenters. The van der Waals surface area contributed by atoms with E-state index in [4.69, 9.17) is 10.5 Å². The topological polar surface area (TPSA) is 35.2 Å². The lowest BCUT2D eigenvalue weighted by atomic mass is 9.46. The maximum atomic E-state index is 13.4. The second-order valence-corrected chi connectivity index (χ2v) is 6.63. The standard InChI is InChI=1S/C16H20F3NO/c17-16(18,19)15(21-9-12-4-2-1-3-5-12)10-14(11-15)6-13(7-14)8-20/h1-5,13H,6-11,20H2. The Morgan fingerprint density at radius 2 is 1.76 bits per heavy atom. The summed E-state index contributed by atoms with van der Waals surface area (Å²) in [6, 6.07) is 9.01. The average Bonchev–Trinajstić information content (AvgIpc) is 2.35. The van der Waals surface area contributed by atoms with Gasteiger partial charge >= 0.3 is 6.18 Å². The van der Waals surface area contributed by atoms with Crippen molar-refractivity contribution in [1.29, 1.82) is 0 Å². The Balaban J connectivity index is 1.64. The summed E-state index contributed by atoms with van der Waals surface area (Å²) >= 11 is 0. The lowest BCUT2D eigenvalue weighted by molar-refractivity contribution is -0.349. The molecule has 0 aromatic heterocycles. The first-order valence-corrected chi connectivity index (χ1v) is 7.33. The number of ether oxygens (including phenoxy) is 1. The highest BCUT2D eigenvalue weighted by Gasteiger charge is 2.71. The minimum absolute atomic E-state index is 0.0107. The van der Waals surface area contributed by atoms with Gasteiger partial charge in [0.25, 0.3) is 0 Å². The highest BCUT2D eigenvalue weighted by atomic mass is 19.4. The van der Waals surface area contributed by atoms with Gasteiger partial charge in [-0.2, -0.15) is 13.2 Å². The van der Waals surface area contributed by atoms with Gasteiger partial charge in [-0.3, -0.25) is 0 Å². The van der Waals surface area contributed by atoms with Crippen molar-refractivity contribution >= 4 is 0 Å². The first-order valence-electron chi connectivity index (χ1n) is 7.33. The summed E-state index contributed by atoms with van der Waals surface area (Å²) < 4.78 is 45.5. The summed E-state index contributed by atoms with van der Waals surface area (Å²) in [6.45, 7) is 0.586. The van der Waals surface area contributed by atoms with Crippen LogP contribution in [0.15, 0.2) is 30.3 Å². The fourth-order valence-electron chi connectivity index (χ4n) is 3.96. The molecule has 1 spiro atoms. The first kappa shape index (κ1) is 14.9. The van der Waals surface area contributed by atoms with Crippen molar-refractivity contribution < 1.29 is 17.9 Å². The maximum Gasteiger partial charge on any atom is 0.417 e. The molecule has 2 aliphatic rings. The number of hydrogen-bond donors (Lipinski definition) is 1. The van der Waals surface area contributed by atoms with Crippen molar-refractivity contribution in [2.45, 2.75) is 44.1 Å². The Kier molecular flexibility index (Phi) is 3.53. The summed E-state index contributed by atoms with van der Waals surface area (Å²) in [4.78, 5) is 0. The lowest BCUT2D eigenvalue weighted by Crippen LogP contribution is -2.66. The van der Waals surface area contributed by atoms with Gasteiger partial charge in [-0.05, 0) is 49.1 Å². The number of nitrogens with two attached hydrogens (primary N) is 1. The molecule has 0 bridgehead atoms. The van der Waals surface area contributed by atoms with Crippen LogP contribution in [-0.4, -0.2) is 18.3 Å². The highest BCUT2D eigenvalue weighted by Crippen LogP contribution is 2.67. The number of rotatable bonds is 4. The summed E-state index contributed by atoms with van der Waals surface area (Å²) in [5.74, 6) is 0.394. The van der Waals surface area contributed by atoms with Gasteiger partial charge in [-0.25, -0.2) is 0 Å². The fourth-order valence-corrected chi connectivity index (χ4v) is 3.96. The van der Waals surface area contributed by atoms with Gasteiger partial charge < -0.3 is 10.5 Å². The van der Waals surface area contributed by atoms with E-state index < -0.39 is 11.8 Å². The Labute approximate surface area is 122 Å². The molecule has 0 heterocycles. The lowest BCUT2D eigenvalue weighted by Gasteiger charge is -2.63. The Hall–Kier alpha value is -1.07. The van der Waals surface area contributed by atoms with Crippen LogP contribution < -0.4 is 5.73 Å². The predicted octanol–water partition coefficient (Wildman–Crippen LogP) is 3.65. The van der Waals surface area contributed by atoms with Crippen molar-refractivity contribution in [3.05, 3.63) is 35.9 Å². The molecule has 2 saturated carbocycles. The van der Waals surface area contributed by atoms with Gasteiger partial charge in [0.1, 0.15) is 0 Å². The summed E-state index contributed by atoms with van der Waals surface area (Å²) in [6.07, 6.45) is -2.49. The minimum Gasteiger partial charge on any atom is -0.361 e. The molecule has 0 atom stereocenters. The van der Waals surface area contributed by atoms with Crippen molar-refractivity contribution in [2.75, 3.05) is 6.54 Å². The van der Waals surface area contributed by atoms with Gasteiger partial charge in [0.2, 0.25) is 0 Å². The van der Waals surface area contributed by atoms with Crippen LogP contribution in [0.5, 0.6) is 0 Å². The molecule has 116 valence electrons. The second kappa shape index (κ2) is 4.99. The average molecular weight is 299 g/mol. The number of hydrogen-bond acceptors (Lipinski definition) is 2. The van der Waals surface area contributed by atoms with E-state index in [2.05, 4.69) is 0 Å². The molecule has 2 aliphatic carbocycles. The van der Waals surface area contributed by atoms with E-state index in [1.807, 2.05) is 6.07 Å². The van der Waals surface area contributed by atoms with Crippen molar-refractivity contribution in [3.8, 4) is 0 Å². The monoisotopic (exact) mass is 299 g/mol. The molecule has 0 saturated heterocycles. The summed E-state index contributed by atoms with van der Waals surface area (Å²) in [5, 5.41) is 0. The van der Waals surface area contributed by atoms with Crippen LogP contribution >= 0.6 is 0 Å². The zero-order chi connectivity index (χ0) is 15.1. The quantitative estimate of drug-likeness (QED) is 0.921. The third-order valence-corrected chi connectivity index (χ3v) is 4.97. The van der Waals surface area contributed by atoms with Crippen LogP contribution in [-0.2, 0) is 11.3 Å². The molecule has 5 heteroatoms. The van der Waals surface area contributed by atoms with E-state index in [1.54, 1.807) is 24.3 Å². The fraction of sp³-hybridized carbons (Fsp3) is 0.625.